The zero-order chi connectivity index (χ0) is 8.97. The molecule has 0 bridgehead atoms. The molecule has 1 heterocycles. The van der Waals surface area contributed by atoms with E-state index >= 15 is 0 Å². The van der Waals surface area contributed by atoms with E-state index in [1.165, 1.54) is 0 Å². The van der Waals surface area contributed by atoms with Gasteiger partial charge in [-0.15, -0.1) is 6.58 Å². The van der Waals surface area contributed by atoms with Crippen LogP contribution >= 0.6 is 0 Å². The summed E-state index contributed by atoms with van der Waals surface area (Å²) in [6.45, 7) is 4.11. The van der Waals surface area contributed by atoms with Crippen molar-refractivity contribution in [3.05, 3.63) is 12.7 Å². The Morgan fingerprint density at radius 1 is 1.67 bits per heavy atom. The van der Waals surface area contributed by atoms with Crippen LogP contribution in [0.4, 0.5) is 0 Å². The zero-order valence-electron chi connectivity index (χ0n) is 6.80. The summed E-state index contributed by atoms with van der Waals surface area (Å²) in [6, 6.07) is -0.235. The molecule has 1 atom stereocenters. The number of nitrogens with one attached hydrogen (secondary N) is 2. The molecule has 0 radical (unpaired) electrons. The molecule has 66 valence electrons. The third-order valence-corrected chi connectivity index (χ3v) is 1.75. The lowest BCUT2D eigenvalue weighted by Gasteiger charge is -2.20. The van der Waals surface area contributed by atoms with Crippen molar-refractivity contribution in [2.75, 3.05) is 6.54 Å². The molecule has 1 fully saturated rings. The lowest BCUT2D eigenvalue weighted by Crippen LogP contribution is -2.50. The molecular weight excluding hydrogens is 156 g/mol. The predicted molar refractivity (Wildman–Crippen MR) is 44.4 cm³/mol. The number of carbonyl (C=O) groups is 2. The smallest absolute Gasteiger partial charge is 0.243 e. The summed E-state index contributed by atoms with van der Waals surface area (Å²) in [5, 5.41) is 5.22. The SMILES string of the molecule is C=CCNC1CCC(=O)NC1=O. The van der Waals surface area contributed by atoms with Gasteiger partial charge in [-0.1, -0.05) is 6.08 Å². The summed E-state index contributed by atoms with van der Waals surface area (Å²) in [5.74, 6) is -0.412. The molecule has 2 N–H and O–H groups in total. The number of carbonyl (C=O) groups excluding carboxylic acids is 2. The van der Waals surface area contributed by atoms with E-state index in [-0.39, 0.29) is 17.9 Å². The topological polar surface area (TPSA) is 58.2 Å². The summed E-state index contributed by atoms with van der Waals surface area (Å²) >= 11 is 0. The van der Waals surface area contributed by atoms with Crippen molar-refractivity contribution in [3.8, 4) is 0 Å². The Labute approximate surface area is 71.0 Å². The van der Waals surface area contributed by atoms with Gasteiger partial charge in [0.05, 0.1) is 6.04 Å². The molecule has 2 amide bonds. The number of amides is 2. The maximum atomic E-state index is 11.1. The molecule has 0 aromatic heterocycles. The maximum Gasteiger partial charge on any atom is 0.243 e. The van der Waals surface area contributed by atoms with E-state index in [1.54, 1.807) is 6.08 Å². The summed E-state index contributed by atoms with van der Waals surface area (Å²) in [5.41, 5.74) is 0. The molecule has 4 nitrogen and oxygen atoms in total. The van der Waals surface area contributed by atoms with E-state index in [4.69, 9.17) is 0 Å². The van der Waals surface area contributed by atoms with Crippen LogP contribution in [0, 0.1) is 0 Å². The van der Waals surface area contributed by atoms with Gasteiger partial charge in [0, 0.05) is 13.0 Å². The highest BCUT2D eigenvalue weighted by Crippen LogP contribution is 2.03. The second-order valence-corrected chi connectivity index (χ2v) is 2.70. The van der Waals surface area contributed by atoms with Crippen LogP contribution in [0.1, 0.15) is 12.8 Å². The highest BCUT2D eigenvalue weighted by Gasteiger charge is 2.25. The lowest BCUT2D eigenvalue weighted by atomic mass is 10.1. The van der Waals surface area contributed by atoms with Crippen molar-refractivity contribution in [2.45, 2.75) is 18.9 Å². The Kier molecular flexibility index (Phi) is 2.99. The van der Waals surface area contributed by atoms with Gasteiger partial charge in [-0.05, 0) is 6.42 Å². The number of rotatable bonds is 3. The van der Waals surface area contributed by atoms with E-state index < -0.39 is 0 Å². The maximum absolute atomic E-state index is 11.1. The van der Waals surface area contributed by atoms with Gasteiger partial charge in [-0.3, -0.25) is 14.9 Å². The van der Waals surface area contributed by atoms with E-state index in [9.17, 15) is 9.59 Å². The van der Waals surface area contributed by atoms with Crippen LogP contribution in [-0.4, -0.2) is 24.4 Å². The monoisotopic (exact) mass is 168 g/mol. The Morgan fingerprint density at radius 3 is 3.00 bits per heavy atom. The fourth-order valence-corrected chi connectivity index (χ4v) is 1.11. The Morgan fingerprint density at radius 2 is 2.42 bits per heavy atom. The normalized spacial score (nSPS) is 23.5. The van der Waals surface area contributed by atoms with Gasteiger partial charge in [-0.25, -0.2) is 0 Å². The van der Waals surface area contributed by atoms with Gasteiger partial charge < -0.3 is 5.32 Å². The quantitative estimate of drug-likeness (QED) is 0.444. The van der Waals surface area contributed by atoms with Crippen LogP contribution in [0.15, 0.2) is 12.7 Å². The van der Waals surface area contributed by atoms with E-state index in [2.05, 4.69) is 17.2 Å². The first kappa shape index (κ1) is 8.93. The fourth-order valence-electron chi connectivity index (χ4n) is 1.11. The molecule has 1 aliphatic heterocycles. The minimum absolute atomic E-state index is 0.184. The van der Waals surface area contributed by atoms with Crippen LogP contribution in [0.5, 0.6) is 0 Å². The van der Waals surface area contributed by atoms with Crippen molar-refractivity contribution >= 4 is 11.8 Å². The first-order valence-corrected chi connectivity index (χ1v) is 3.92. The minimum atomic E-state index is -0.235. The fraction of sp³-hybridized carbons (Fsp3) is 0.500. The molecule has 4 heteroatoms. The Bertz CT molecular complexity index is 211. The minimum Gasteiger partial charge on any atom is -0.302 e. The molecule has 0 aromatic rings. The van der Waals surface area contributed by atoms with Gasteiger partial charge in [0.15, 0.2) is 0 Å². The second kappa shape index (κ2) is 4.01. The lowest BCUT2D eigenvalue weighted by molar-refractivity contribution is -0.134. The van der Waals surface area contributed by atoms with E-state index in [0.29, 0.717) is 19.4 Å². The molecule has 1 unspecified atom stereocenters. The van der Waals surface area contributed by atoms with Gasteiger partial charge in [-0.2, -0.15) is 0 Å². The molecule has 1 aliphatic rings. The Hall–Kier alpha value is -1.16. The van der Waals surface area contributed by atoms with Crippen LogP contribution < -0.4 is 10.6 Å². The van der Waals surface area contributed by atoms with Crippen molar-refractivity contribution in [2.24, 2.45) is 0 Å². The van der Waals surface area contributed by atoms with Gasteiger partial charge in [0.25, 0.3) is 0 Å². The molecule has 0 aliphatic carbocycles. The van der Waals surface area contributed by atoms with Crippen LogP contribution in [0.3, 0.4) is 0 Å². The summed E-state index contributed by atoms with van der Waals surface area (Å²) < 4.78 is 0. The molecule has 0 saturated carbocycles. The number of hydrogen-bond acceptors (Lipinski definition) is 3. The zero-order valence-corrected chi connectivity index (χ0v) is 6.80. The van der Waals surface area contributed by atoms with Gasteiger partial charge in [0.1, 0.15) is 0 Å². The van der Waals surface area contributed by atoms with Crippen LogP contribution in [-0.2, 0) is 9.59 Å². The first-order valence-electron chi connectivity index (χ1n) is 3.92. The first-order chi connectivity index (χ1) is 5.74. The molecule has 1 rings (SSSR count). The molecule has 12 heavy (non-hydrogen) atoms. The average Bonchev–Trinajstić information content (AvgIpc) is 2.03. The standard InChI is InChI=1S/C8H12N2O2/c1-2-5-9-6-3-4-7(11)10-8(6)12/h2,6,9H,1,3-5H2,(H,10,11,12). The summed E-state index contributed by atoms with van der Waals surface area (Å²) in [7, 11) is 0. The van der Waals surface area contributed by atoms with E-state index in [0.717, 1.165) is 0 Å². The number of imide groups is 1. The second-order valence-electron chi connectivity index (χ2n) is 2.70. The summed E-state index contributed by atoms with van der Waals surface area (Å²) in [6.07, 6.45) is 2.68. The van der Waals surface area contributed by atoms with Gasteiger partial charge >= 0.3 is 0 Å². The van der Waals surface area contributed by atoms with Crippen molar-refractivity contribution in [1.29, 1.82) is 0 Å². The largest absolute Gasteiger partial charge is 0.302 e. The van der Waals surface area contributed by atoms with E-state index in [1.807, 2.05) is 0 Å². The highest BCUT2D eigenvalue weighted by molar-refractivity contribution is 6.00. The van der Waals surface area contributed by atoms with Crippen molar-refractivity contribution < 1.29 is 9.59 Å². The number of hydrogen-bond donors (Lipinski definition) is 2. The molecule has 0 spiro atoms. The van der Waals surface area contributed by atoms with Crippen molar-refractivity contribution in [3.63, 3.8) is 0 Å². The molecule has 0 aromatic carbocycles. The van der Waals surface area contributed by atoms with Crippen LogP contribution in [0.25, 0.3) is 0 Å². The third-order valence-electron chi connectivity index (χ3n) is 1.75. The third kappa shape index (κ3) is 2.17. The predicted octanol–water partition coefficient (Wildman–Crippen LogP) is -0.433. The average molecular weight is 168 g/mol. The Balaban J connectivity index is 2.39. The molecular formula is C8H12N2O2. The number of piperidine rings is 1. The summed E-state index contributed by atoms with van der Waals surface area (Å²) in [4.78, 5) is 21.8. The van der Waals surface area contributed by atoms with Crippen LogP contribution in [0.2, 0.25) is 0 Å². The highest BCUT2D eigenvalue weighted by atomic mass is 16.2. The molecule has 1 saturated heterocycles. The van der Waals surface area contributed by atoms with Crippen molar-refractivity contribution in [1.82, 2.24) is 10.6 Å². The van der Waals surface area contributed by atoms with Gasteiger partial charge in [0.2, 0.25) is 11.8 Å².